The zero-order valence-corrected chi connectivity index (χ0v) is 8.54. The SMILES string of the molecule is COc1cccc2oc(C(=O)O)c(Cl)c12. The van der Waals surface area contributed by atoms with Gasteiger partial charge in [0.15, 0.2) is 0 Å². The molecule has 4 nitrogen and oxygen atoms in total. The van der Waals surface area contributed by atoms with Crippen molar-refractivity contribution in [3.05, 3.63) is 29.0 Å². The fourth-order valence-corrected chi connectivity index (χ4v) is 1.69. The fourth-order valence-electron chi connectivity index (χ4n) is 1.39. The van der Waals surface area contributed by atoms with Gasteiger partial charge in [0.1, 0.15) is 16.4 Å². The molecule has 0 radical (unpaired) electrons. The third-order valence-corrected chi connectivity index (χ3v) is 2.39. The highest BCUT2D eigenvalue weighted by Gasteiger charge is 2.20. The maximum Gasteiger partial charge on any atom is 0.373 e. The van der Waals surface area contributed by atoms with E-state index >= 15 is 0 Å². The summed E-state index contributed by atoms with van der Waals surface area (Å²) in [5.41, 5.74) is 0.400. The Labute approximate surface area is 90.0 Å². The topological polar surface area (TPSA) is 59.7 Å². The first kappa shape index (κ1) is 9.86. The highest BCUT2D eigenvalue weighted by atomic mass is 35.5. The van der Waals surface area contributed by atoms with Crippen LogP contribution in [0, 0.1) is 0 Å². The Kier molecular flexibility index (Phi) is 2.28. The molecule has 5 heteroatoms. The van der Waals surface area contributed by atoms with E-state index in [9.17, 15) is 4.79 Å². The summed E-state index contributed by atoms with van der Waals surface area (Å²) >= 11 is 5.88. The second-order valence-corrected chi connectivity index (χ2v) is 3.26. The minimum absolute atomic E-state index is 0.0648. The van der Waals surface area contributed by atoms with Crippen LogP contribution < -0.4 is 4.74 Å². The first-order chi connectivity index (χ1) is 7.15. The first-order valence-corrected chi connectivity index (χ1v) is 4.51. The predicted octanol–water partition coefficient (Wildman–Crippen LogP) is 2.79. The molecule has 1 N–H and O–H groups in total. The Hall–Kier alpha value is -1.68. The molecule has 0 fully saturated rings. The lowest BCUT2D eigenvalue weighted by Crippen LogP contribution is -1.93. The minimum atomic E-state index is -1.20. The van der Waals surface area contributed by atoms with Crippen molar-refractivity contribution in [1.82, 2.24) is 0 Å². The number of halogens is 1. The van der Waals surface area contributed by atoms with Gasteiger partial charge in [-0.2, -0.15) is 0 Å². The number of carbonyl (C=O) groups is 1. The fraction of sp³-hybridized carbons (Fsp3) is 0.100. The number of aromatic carboxylic acids is 1. The second kappa shape index (κ2) is 3.47. The molecule has 0 atom stereocenters. The summed E-state index contributed by atoms with van der Waals surface area (Å²) in [7, 11) is 1.48. The largest absolute Gasteiger partial charge is 0.496 e. The third-order valence-electron chi connectivity index (χ3n) is 2.03. The van der Waals surface area contributed by atoms with Crippen molar-refractivity contribution >= 4 is 28.5 Å². The Bertz CT molecular complexity index is 529. The van der Waals surface area contributed by atoms with Crippen LogP contribution in [0.5, 0.6) is 5.75 Å². The zero-order chi connectivity index (χ0) is 11.0. The number of carboxylic acids is 1. The maximum atomic E-state index is 10.8. The molecule has 1 heterocycles. The van der Waals surface area contributed by atoms with Crippen LogP contribution in [0.4, 0.5) is 0 Å². The summed E-state index contributed by atoms with van der Waals surface area (Å²) in [4.78, 5) is 10.8. The molecule has 1 aromatic carbocycles. The van der Waals surface area contributed by atoms with Crippen LogP contribution in [0.1, 0.15) is 10.6 Å². The third kappa shape index (κ3) is 1.43. The molecular weight excluding hydrogens is 220 g/mol. The highest BCUT2D eigenvalue weighted by molar-refractivity contribution is 6.38. The van der Waals surface area contributed by atoms with Crippen LogP contribution in [-0.2, 0) is 0 Å². The number of hydrogen-bond donors (Lipinski definition) is 1. The Balaban J connectivity index is 2.82. The quantitative estimate of drug-likeness (QED) is 0.855. The minimum Gasteiger partial charge on any atom is -0.496 e. The molecule has 0 amide bonds. The molecule has 1 aromatic heterocycles. The van der Waals surface area contributed by atoms with E-state index < -0.39 is 5.97 Å². The standard InChI is InChI=1S/C10H7ClO4/c1-14-5-3-2-4-6-7(5)8(11)9(15-6)10(12)13/h2-4H,1H3,(H,12,13). The van der Waals surface area contributed by atoms with Crippen molar-refractivity contribution in [1.29, 1.82) is 0 Å². The number of benzene rings is 1. The zero-order valence-electron chi connectivity index (χ0n) is 7.78. The van der Waals surface area contributed by atoms with Crippen LogP contribution in [0.15, 0.2) is 22.6 Å². The van der Waals surface area contributed by atoms with E-state index in [1.807, 2.05) is 0 Å². The maximum absolute atomic E-state index is 10.8. The summed E-state index contributed by atoms with van der Waals surface area (Å²) in [6.07, 6.45) is 0. The van der Waals surface area contributed by atoms with Crippen molar-refractivity contribution in [2.24, 2.45) is 0 Å². The number of carboxylic acid groups (broad SMARTS) is 1. The average Bonchev–Trinajstić information content (AvgIpc) is 2.56. The summed E-state index contributed by atoms with van der Waals surface area (Å²) in [6.45, 7) is 0. The van der Waals surface area contributed by atoms with Gasteiger partial charge in [-0.05, 0) is 12.1 Å². The highest BCUT2D eigenvalue weighted by Crippen LogP contribution is 2.36. The van der Waals surface area contributed by atoms with Gasteiger partial charge >= 0.3 is 5.97 Å². The molecule has 0 saturated heterocycles. The van der Waals surface area contributed by atoms with E-state index in [0.717, 1.165) is 0 Å². The number of furan rings is 1. The molecular formula is C10H7ClO4. The number of fused-ring (bicyclic) bond motifs is 1. The summed E-state index contributed by atoms with van der Waals surface area (Å²) in [6, 6.07) is 5.03. The van der Waals surface area contributed by atoms with Gasteiger partial charge in [-0.3, -0.25) is 0 Å². The molecule has 0 aliphatic carbocycles. The van der Waals surface area contributed by atoms with Gasteiger partial charge in [0.25, 0.3) is 0 Å². The molecule has 2 rings (SSSR count). The van der Waals surface area contributed by atoms with Gasteiger partial charge in [0.05, 0.1) is 12.5 Å². The van der Waals surface area contributed by atoms with E-state index in [1.165, 1.54) is 7.11 Å². The Morgan fingerprint density at radius 1 is 1.53 bits per heavy atom. The van der Waals surface area contributed by atoms with Crippen LogP contribution in [-0.4, -0.2) is 18.2 Å². The summed E-state index contributed by atoms with van der Waals surface area (Å²) < 4.78 is 10.2. The van der Waals surface area contributed by atoms with Crippen molar-refractivity contribution in [2.75, 3.05) is 7.11 Å². The van der Waals surface area contributed by atoms with Gasteiger partial charge in [-0.1, -0.05) is 17.7 Å². The number of hydrogen-bond acceptors (Lipinski definition) is 3. The van der Waals surface area contributed by atoms with Crippen LogP contribution in [0.3, 0.4) is 0 Å². The first-order valence-electron chi connectivity index (χ1n) is 4.13. The Morgan fingerprint density at radius 2 is 2.27 bits per heavy atom. The van der Waals surface area contributed by atoms with Crippen molar-refractivity contribution < 1.29 is 19.1 Å². The van der Waals surface area contributed by atoms with Gasteiger partial charge in [0.2, 0.25) is 5.76 Å². The molecule has 2 aromatic rings. The van der Waals surface area contributed by atoms with Crippen molar-refractivity contribution in [2.45, 2.75) is 0 Å². The molecule has 0 unspecified atom stereocenters. The summed E-state index contributed by atoms with van der Waals surface area (Å²) in [5, 5.41) is 9.36. The van der Waals surface area contributed by atoms with E-state index in [4.69, 9.17) is 25.9 Å². The smallest absolute Gasteiger partial charge is 0.373 e. The lowest BCUT2D eigenvalue weighted by atomic mass is 10.2. The molecule has 0 bridgehead atoms. The normalized spacial score (nSPS) is 10.5. The van der Waals surface area contributed by atoms with Gasteiger partial charge in [-0.15, -0.1) is 0 Å². The van der Waals surface area contributed by atoms with Gasteiger partial charge in [0, 0.05) is 0 Å². The average molecular weight is 227 g/mol. The van der Waals surface area contributed by atoms with Crippen LogP contribution >= 0.6 is 11.6 Å². The van der Waals surface area contributed by atoms with Crippen molar-refractivity contribution in [3.8, 4) is 5.75 Å². The predicted molar refractivity (Wildman–Crippen MR) is 54.7 cm³/mol. The molecule has 0 aliphatic rings. The monoisotopic (exact) mass is 226 g/mol. The van der Waals surface area contributed by atoms with Gasteiger partial charge < -0.3 is 14.3 Å². The summed E-state index contributed by atoms with van der Waals surface area (Å²) in [5.74, 6) is -0.969. The van der Waals surface area contributed by atoms with E-state index in [2.05, 4.69) is 0 Å². The number of methoxy groups -OCH3 is 1. The van der Waals surface area contributed by atoms with Crippen LogP contribution in [0.25, 0.3) is 11.0 Å². The second-order valence-electron chi connectivity index (χ2n) is 2.88. The molecule has 0 spiro atoms. The van der Waals surface area contributed by atoms with E-state index in [-0.39, 0.29) is 10.8 Å². The Morgan fingerprint density at radius 3 is 2.87 bits per heavy atom. The molecule has 0 saturated carbocycles. The lowest BCUT2D eigenvalue weighted by molar-refractivity contribution is 0.0665. The van der Waals surface area contributed by atoms with Gasteiger partial charge in [-0.25, -0.2) is 4.79 Å². The lowest BCUT2D eigenvalue weighted by Gasteiger charge is -1.99. The van der Waals surface area contributed by atoms with Crippen LogP contribution in [0.2, 0.25) is 5.02 Å². The molecule has 78 valence electrons. The number of ether oxygens (including phenoxy) is 1. The molecule has 15 heavy (non-hydrogen) atoms. The molecule has 0 aliphatic heterocycles. The van der Waals surface area contributed by atoms with E-state index in [1.54, 1.807) is 18.2 Å². The van der Waals surface area contributed by atoms with E-state index in [0.29, 0.717) is 16.7 Å². The number of rotatable bonds is 2. The van der Waals surface area contributed by atoms with Crippen molar-refractivity contribution in [3.63, 3.8) is 0 Å².